The summed E-state index contributed by atoms with van der Waals surface area (Å²) in [7, 11) is 0. The van der Waals surface area contributed by atoms with Crippen LogP contribution < -0.4 is 0 Å². The second kappa shape index (κ2) is 4.26. The van der Waals surface area contributed by atoms with Crippen LogP contribution in [0.3, 0.4) is 0 Å². The van der Waals surface area contributed by atoms with E-state index < -0.39 is 0 Å². The summed E-state index contributed by atoms with van der Waals surface area (Å²) in [6.07, 6.45) is 5.78. The van der Waals surface area contributed by atoms with Gasteiger partial charge >= 0.3 is 5.97 Å². The molecule has 3 heteroatoms. The summed E-state index contributed by atoms with van der Waals surface area (Å²) in [6.45, 7) is 3.65. The zero-order chi connectivity index (χ0) is 8.97. The van der Waals surface area contributed by atoms with Gasteiger partial charge < -0.3 is 9.47 Å². The molecule has 1 radical (unpaired) electrons. The van der Waals surface area contributed by atoms with Gasteiger partial charge in [0.25, 0.3) is 0 Å². The van der Waals surface area contributed by atoms with Gasteiger partial charge in [0.05, 0.1) is 12.2 Å². The topological polar surface area (TPSA) is 35.5 Å². The minimum absolute atomic E-state index is 0.0890. The summed E-state index contributed by atoms with van der Waals surface area (Å²) in [5.74, 6) is -0.269. The molecule has 0 aliphatic carbocycles. The number of carbonyl (C=O) groups excluding carboxylic acids is 1. The number of hydrogen-bond acceptors (Lipinski definition) is 3. The predicted octanol–water partition coefficient (Wildman–Crippen LogP) is 1.10. The van der Waals surface area contributed by atoms with Crippen molar-refractivity contribution in [2.75, 3.05) is 6.61 Å². The second-order valence-electron chi connectivity index (χ2n) is 2.76. The van der Waals surface area contributed by atoms with Crippen LogP contribution in [0.25, 0.3) is 0 Å². The molecule has 0 bridgehead atoms. The van der Waals surface area contributed by atoms with E-state index in [1.807, 2.05) is 25.5 Å². The van der Waals surface area contributed by atoms with Gasteiger partial charge in [-0.15, -0.1) is 0 Å². The molecule has 0 amide bonds. The first-order valence-electron chi connectivity index (χ1n) is 3.99. The van der Waals surface area contributed by atoms with Gasteiger partial charge in [-0.25, -0.2) is 0 Å². The molecule has 0 aromatic heterocycles. The fraction of sp³-hybridized carbons (Fsp3) is 0.556. The average Bonchev–Trinajstić information content (AvgIpc) is 2.01. The maximum Gasteiger partial charge on any atom is 0.302 e. The maximum absolute atomic E-state index is 10.5. The Balaban J connectivity index is 2.25. The molecular weight excluding hydrogens is 156 g/mol. The molecule has 1 rings (SSSR count). The average molecular weight is 169 g/mol. The maximum atomic E-state index is 10.5. The molecule has 12 heavy (non-hydrogen) atoms. The van der Waals surface area contributed by atoms with E-state index in [4.69, 9.17) is 9.47 Å². The van der Waals surface area contributed by atoms with Crippen LogP contribution in [0.4, 0.5) is 0 Å². The van der Waals surface area contributed by atoms with Crippen molar-refractivity contribution in [2.24, 2.45) is 0 Å². The lowest BCUT2D eigenvalue weighted by molar-refractivity contribution is -0.145. The Morgan fingerprint density at radius 3 is 3.00 bits per heavy atom. The van der Waals surface area contributed by atoms with Crippen molar-refractivity contribution >= 4 is 5.97 Å². The molecule has 0 spiro atoms. The van der Waals surface area contributed by atoms with E-state index in [0.717, 1.165) is 0 Å². The standard InChI is InChI=1S/C9H13O3/c1-7-4-3-5-9(12-7)6-11-8(2)10/h3-5,7,9H,6H2,1-2H3/t7-,9-/m0/s1. The summed E-state index contributed by atoms with van der Waals surface area (Å²) >= 11 is 0. The fourth-order valence-corrected chi connectivity index (χ4v) is 1.01. The van der Waals surface area contributed by atoms with Crippen LogP contribution in [0.1, 0.15) is 13.8 Å². The lowest BCUT2D eigenvalue weighted by Gasteiger charge is -2.22. The minimum atomic E-state index is -0.269. The smallest absolute Gasteiger partial charge is 0.302 e. The molecule has 0 aromatic rings. The van der Waals surface area contributed by atoms with Crippen LogP contribution in [-0.2, 0) is 14.3 Å². The third kappa shape index (κ3) is 3.05. The van der Waals surface area contributed by atoms with Gasteiger partial charge in [0.1, 0.15) is 6.61 Å². The Bertz CT molecular complexity index is 186. The lowest BCUT2D eigenvalue weighted by atomic mass is 10.2. The van der Waals surface area contributed by atoms with E-state index in [9.17, 15) is 4.79 Å². The second-order valence-corrected chi connectivity index (χ2v) is 2.76. The summed E-state index contributed by atoms with van der Waals surface area (Å²) in [4.78, 5) is 10.5. The SMILES string of the molecule is CC(=O)OC[C@@H]1[CH]C=C[C@H](C)O1. The Morgan fingerprint density at radius 2 is 2.42 bits per heavy atom. The quantitative estimate of drug-likeness (QED) is 0.580. The first-order valence-corrected chi connectivity index (χ1v) is 3.99. The molecule has 1 aliphatic heterocycles. The molecule has 2 atom stereocenters. The highest BCUT2D eigenvalue weighted by Gasteiger charge is 2.15. The molecule has 67 valence electrons. The third-order valence-electron chi connectivity index (χ3n) is 1.55. The Morgan fingerprint density at radius 1 is 1.67 bits per heavy atom. The van der Waals surface area contributed by atoms with Crippen LogP contribution in [0.5, 0.6) is 0 Å². The normalized spacial score (nSPS) is 28.5. The highest BCUT2D eigenvalue weighted by molar-refractivity contribution is 5.65. The Labute approximate surface area is 72.4 Å². The molecule has 0 aromatic carbocycles. The van der Waals surface area contributed by atoms with Gasteiger partial charge in [-0.1, -0.05) is 12.2 Å². The number of ether oxygens (including phenoxy) is 2. The highest BCUT2D eigenvalue weighted by atomic mass is 16.6. The molecular formula is C9H13O3. The van der Waals surface area contributed by atoms with Crippen molar-refractivity contribution in [1.82, 2.24) is 0 Å². The van der Waals surface area contributed by atoms with Gasteiger partial charge in [-0.3, -0.25) is 4.79 Å². The summed E-state index contributed by atoms with van der Waals surface area (Å²) in [5, 5.41) is 0. The van der Waals surface area contributed by atoms with E-state index in [2.05, 4.69) is 0 Å². The molecule has 0 N–H and O–H groups in total. The number of esters is 1. The van der Waals surface area contributed by atoms with Crippen molar-refractivity contribution in [2.45, 2.75) is 26.1 Å². The monoisotopic (exact) mass is 169 g/mol. The van der Waals surface area contributed by atoms with Crippen LogP contribution in [0.15, 0.2) is 12.2 Å². The fourth-order valence-electron chi connectivity index (χ4n) is 1.01. The molecule has 0 saturated carbocycles. The van der Waals surface area contributed by atoms with E-state index in [-0.39, 0.29) is 18.2 Å². The molecule has 3 nitrogen and oxygen atoms in total. The highest BCUT2D eigenvalue weighted by Crippen LogP contribution is 2.10. The van der Waals surface area contributed by atoms with Gasteiger partial charge in [0.2, 0.25) is 0 Å². The van der Waals surface area contributed by atoms with Crippen molar-refractivity contribution in [1.29, 1.82) is 0 Å². The van der Waals surface area contributed by atoms with Crippen LogP contribution in [0.2, 0.25) is 0 Å². The van der Waals surface area contributed by atoms with E-state index in [1.165, 1.54) is 6.92 Å². The number of carbonyl (C=O) groups is 1. The van der Waals surface area contributed by atoms with Gasteiger partial charge in [0, 0.05) is 13.3 Å². The van der Waals surface area contributed by atoms with Gasteiger partial charge in [0.15, 0.2) is 0 Å². The Kier molecular flexibility index (Phi) is 3.29. The first-order chi connectivity index (χ1) is 5.68. The van der Waals surface area contributed by atoms with Crippen molar-refractivity contribution in [3.05, 3.63) is 18.6 Å². The number of hydrogen-bond donors (Lipinski definition) is 0. The van der Waals surface area contributed by atoms with Crippen LogP contribution in [0, 0.1) is 6.42 Å². The summed E-state index contributed by atoms with van der Waals surface area (Å²) < 4.78 is 10.2. The van der Waals surface area contributed by atoms with Crippen molar-refractivity contribution in [3.63, 3.8) is 0 Å². The molecule has 0 fully saturated rings. The van der Waals surface area contributed by atoms with Gasteiger partial charge in [-0.2, -0.15) is 0 Å². The zero-order valence-corrected chi connectivity index (χ0v) is 7.32. The van der Waals surface area contributed by atoms with Crippen LogP contribution in [-0.4, -0.2) is 24.8 Å². The largest absolute Gasteiger partial charge is 0.463 e. The zero-order valence-electron chi connectivity index (χ0n) is 7.32. The van der Waals surface area contributed by atoms with Crippen LogP contribution >= 0.6 is 0 Å². The lowest BCUT2D eigenvalue weighted by Crippen LogP contribution is -2.27. The summed E-state index contributed by atoms with van der Waals surface area (Å²) in [5.41, 5.74) is 0. The molecule has 1 aliphatic rings. The minimum Gasteiger partial charge on any atom is -0.463 e. The van der Waals surface area contributed by atoms with Crippen molar-refractivity contribution in [3.8, 4) is 0 Å². The van der Waals surface area contributed by atoms with E-state index in [0.29, 0.717) is 6.61 Å². The third-order valence-corrected chi connectivity index (χ3v) is 1.55. The van der Waals surface area contributed by atoms with E-state index in [1.54, 1.807) is 0 Å². The van der Waals surface area contributed by atoms with Gasteiger partial charge in [-0.05, 0) is 6.92 Å². The predicted molar refractivity (Wildman–Crippen MR) is 44.4 cm³/mol. The summed E-state index contributed by atoms with van der Waals surface area (Å²) in [6, 6.07) is 0. The Hall–Kier alpha value is -0.830. The molecule has 0 unspecified atom stereocenters. The first kappa shape index (κ1) is 9.26. The molecule has 1 heterocycles. The van der Waals surface area contributed by atoms with Crippen molar-refractivity contribution < 1.29 is 14.3 Å². The number of rotatable bonds is 2. The van der Waals surface area contributed by atoms with E-state index >= 15 is 0 Å². The molecule has 0 saturated heterocycles.